The zero-order chi connectivity index (χ0) is 13.2. The summed E-state index contributed by atoms with van der Waals surface area (Å²) in [6.07, 6.45) is 4.13. The van der Waals surface area contributed by atoms with E-state index in [-0.39, 0.29) is 11.5 Å². The summed E-state index contributed by atoms with van der Waals surface area (Å²) in [6.45, 7) is 6.13. The van der Waals surface area contributed by atoms with Gasteiger partial charge in [0.05, 0.1) is 6.04 Å². The molecular formula is C13H18N4O. The van der Waals surface area contributed by atoms with Crippen molar-refractivity contribution in [2.24, 2.45) is 11.1 Å². The fraction of sp³-hybridized carbons (Fsp3) is 0.462. The highest BCUT2D eigenvalue weighted by Gasteiger charge is 2.27. The standard InChI is InChI=1S/C13H18N4O/c1-13(2,3)11(14)12-16-10(17-18-12)7-9-5-4-6-15-8-9/h4-6,8,11H,7,14H2,1-3H3/t11-/m0/s1. The first-order valence-electron chi connectivity index (χ1n) is 5.94. The maximum Gasteiger partial charge on any atom is 0.244 e. The van der Waals surface area contributed by atoms with E-state index in [0.717, 1.165) is 5.56 Å². The fourth-order valence-corrected chi connectivity index (χ4v) is 1.52. The Kier molecular flexibility index (Phi) is 3.43. The molecule has 0 radical (unpaired) electrons. The molecule has 0 amide bonds. The highest BCUT2D eigenvalue weighted by atomic mass is 16.5. The number of nitrogens with two attached hydrogens (primary N) is 1. The smallest absolute Gasteiger partial charge is 0.244 e. The van der Waals surface area contributed by atoms with Crippen molar-refractivity contribution < 1.29 is 4.52 Å². The van der Waals surface area contributed by atoms with E-state index in [1.807, 2.05) is 32.9 Å². The molecule has 0 aliphatic heterocycles. The van der Waals surface area contributed by atoms with Crippen LogP contribution < -0.4 is 5.73 Å². The van der Waals surface area contributed by atoms with Crippen LogP contribution in [0.3, 0.4) is 0 Å². The van der Waals surface area contributed by atoms with Gasteiger partial charge in [-0.15, -0.1) is 0 Å². The zero-order valence-electron chi connectivity index (χ0n) is 10.9. The Balaban J connectivity index is 2.12. The van der Waals surface area contributed by atoms with Gasteiger partial charge in [-0.05, 0) is 17.0 Å². The summed E-state index contributed by atoms with van der Waals surface area (Å²) >= 11 is 0. The first-order chi connectivity index (χ1) is 8.47. The number of hydrogen-bond acceptors (Lipinski definition) is 5. The lowest BCUT2D eigenvalue weighted by Gasteiger charge is -2.23. The van der Waals surface area contributed by atoms with Gasteiger partial charge in [-0.1, -0.05) is 32.0 Å². The van der Waals surface area contributed by atoms with Crippen molar-refractivity contribution in [3.63, 3.8) is 0 Å². The minimum Gasteiger partial charge on any atom is -0.338 e. The second-order valence-corrected chi connectivity index (χ2v) is 5.43. The molecule has 18 heavy (non-hydrogen) atoms. The number of hydrogen-bond donors (Lipinski definition) is 1. The molecule has 0 spiro atoms. The van der Waals surface area contributed by atoms with Crippen molar-refractivity contribution in [3.8, 4) is 0 Å². The molecule has 0 aliphatic rings. The van der Waals surface area contributed by atoms with Gasteiger partial charge in [0.1, 0.15) is 0 Å². The van der Waals surface area contributed by atoms with Crippen LogP contribution >= 0.6 is 0 Å². The minimum absolute atomic E-state index is 0.0991. The van der Waals surface area contributed by atoms with E-state index >= 15 is 0 Å². The van der Waals surface area contributed by atoms with Crippen LogP contribution in [0.1, 0.15) is 44.1 Å². The summed E-state index contributed by atoms with van der Waals surface area (Å²) in [5.41, 5.74) is 7.02. The lowest BCUT2D eigenvalue weighted by Crippen LogP contribution is -2.26. The van der Waals surface area contributed by atoms with E-state index in [2.05, 4.69) is 15.1 Å². The van der Waals surface area contributed by atoms with Gasteiger partial charge in [-0.2, -0.15) is 4.98 Å². The van der Waals surface area contributed by atoms with Gasteiger partial charge >= 0.3 is 0 Å². The van der Waals surface area contributed by atoms with Crippen LogP contribution in [0.2, 0.25) is 0 Å². The molecular weight excluding hydrogens is 228 g/mol. The molecule has 0 saturated heterocycles. The molecule has 1 atom stereocenters. The average Bonchev–Trinajstić information content (AvgIpc) is 2.76. The minimum atomic E-state index is -0.257. The van der Waals surface area contributed by atoms with Gasteiger partial charge in [0.25, 0.3) is 0 Å². The van der Waals surface area contributed by atoms with Crippen molar-refractivity contribution >= 4 is 0 Å². The SMILES string of the molecule is CC(C)(C)[C@@H](N)c1nc(Cc2cccnc2)no1. The molecule has 5 heteroatoms. The quantitative estimate of drug-likeness (QED) is 0.897. The maximum absolute atomic E-state index is 6.07. The van der Waals surface area contributed by atoms with Crippen molar-refractivity contribution in [3.05, 3.63) is 41.8 Å². The Hall–Kier alpha value is -1.75. The molecule has 2 rings (SSSR count). The van der Waals surface area contributed by atoms with Gasteiger partial charge in [0.2, 0.25) is 5.89 Å². The van der Waals surface area contributed by atoms with Gasteiger partial charge in [-0.3, -0.25) is 4.98 Å². The lowest BCUT2D eigenvalue weighted by molar-refractivity contribution is 0.252. The summed E-state index contributed by atoms with van der Waals surface area (Å²) in [4.78, 5) is 8.39. The summed E-state index contributed by atoms with van der Waals surface area (Å²) < 4.78 is 5.22. The molecule has 2 aromatic heterocycles. The van der Waals surface area contributed by atoms with Crippen LogP contribution in [0.15, 0.2) is 29.0 Å². The third kappa shape index (κ3) is 2.92. The largest absolute Gasteiger partial charge is 0.338 e. The number of aromatic nitrogens is 3. The van der Waals surface area contributed by atoms with Crippen molar-refractivity contribution in [2.45, 2.75) is 33.2 Å². The first-order valence-corrected chi connectivity index (χ1v) is 5.94. The molecule has 0 bridgehead atoms. The lowest BCUT2D eigenvalue weighted by atomic mass is 9.87. The van der Waals surface area contributed by atoms with Crippen LogP contribution in [0.25, 0.3) is 0 Å². The van der Waals surface area contributed by atoms with Gasteiger partial charge in [0.15, 0.2) is 5.82 Å². The van der Waals surface area contributed by atoms with E-state index in [1.165, 1.54) is 0 Å². The fourth-order valence-electron chi connectivity index (χ4n) is 1.52. The summed E-state index contributed by atoms with van der Waals surface area (Å²) in [7, 11) is 0. The van der Waals surface area contributed by atoms with E-state index in [4.69, 9.17) is 10.3 Å². The van der Waals surface area contributed by atoms with E-state index in [0.29, 0.717) is 18.1 Å². The highest BCUT2D eigenvalue weighted by molar-refractivity contribution is 5.14. The van der Waals surface area contributed by atoms with Gasteiger partial charge in [-0.25, -0.2) is 0 Å². The van der Waals surface area contributed by atoms with Crippen LogP contribution in [0.4, 0.5) is 0 Å². The summed E-state index contributed by atoms with van der Waals surface area (Å²) in [5.74, 6) is 1.12. The number of nitrogens with zero attached hydrogens (tertiary/aromatic N) is 3. The molecule has 96 valence electrons. The Morgan fingerprint density at radius 2 is 2.17 bits per heavy atom. The molecule has 0 aliphatic carbocycles. The van der Waals surface area contributed by atoms with Crippen molar-refractivity contribution in [1.82, 2.24) is 15.1 Å². The van der Waals surface area contributed by atoms with E-state index < -0.39 is 0 Å². The van der Waals surface area contributed by atoms with Crippen LogP contribution in [-0.2, 0) is 6.42 Å². The second kappa shape index (κ2) is 4.86. The Labute approximate surface area is 106 Å². The Bertz CT molecular complexity index is 501. The second-order valence-electron chi connectivity index (χ2n) is 5.43. The average molecular weight is 246 g/mol. The van der Waals surface area contributed by atoms with Crippen LogP contribution in [-0.4, -0.2) is 15.1 Å². The van der Waals surface area contributed by atoms with Crippen LogP contribution in [0, 0.1) is 5.41 Å². The van der Waals surface area contributed by atoms with Crippen molar-refractivity contribution in [2.75, 3.05) is 0 Å². The first kappa shape index (κ1) is 12.7. The molecule has 0 fully saturated rings. The highest BCUT2D eigenvalue weighted by Crippen LogP contribution is 2.29. The van der Waals surface area contributed by atoms with Gasteiger partial charge in [0, 0.05) is 18.8 Å². The third-order valence-electron chi connectivity index (χ3n) is 2.77. The molecule has 2 aromatic rings. The molecule has 2 N–H and O–H groups in total. The Morgan fingerprint density at radius 3 is 2.78 bits per heavy atom. The van der Waals surface area contributed by atoms with Gasteiger partial charge < -0.3 is 10.3 Å². The molecule has 0 saturated carbocycles. The normalized spacial score (nSPS) is 13.6. The topological polar surface area (TPSA) is 77.8 Å². The number of rotatable bonds is 3. The zero-order valence-corrected chi connectivity index (χ0v) is 10.9. The molecule has 5 nitrogen and oxygen atoms in total. The predicted molar refractivity (Wildman–Crippen MR) is 67.7 cm³/mol. The van der Waals surface area contributed by atoms with E-state index in [9.17, 15) is 0 Å². The molecule has 2 heterocycles. The Morgan fingerprint density at radius 1 is 1.39 bits per heavy atom. The number of pyridine rings is 1. The monoisotopic (exact) mass is 246 g/mol. The molecule has 0 aromatic carbocycles. The van der Waals surface area contributed by atoms with Crippen molar-refractivity contribution in [1.29, 1.82) is 0 Å². The summed E-state index contributed by atoms with van der Waals surface area (Å²) in [5, 5.41) is 3.95. The molecule has 0 unspecified atom stereocenters. The summed E-state index contributed by atoms with van der Waals surface area (Å²) in [6, 6.07) is 3.61. The van der Waals surface area contributed by atoms with Crippen LogP contribution in [0.5, 0.6) is 0 Å². The predicted octanol–water partition coefficient (Wildman–Crippen LogP) is 2.10. The maximum atomic E-state index is 6.07. The van der Waals surface area contributed by atoms with E-state index in [1.54, 1.807) is 12.4 Å². The third-order valence-corrected chi connectivity index (χ3v) is 2.77.